The van der Waals surface area contributed by atoms with Gasteiger partial charge in [0.25, 0.3) is 0 Å². The number of hydrogen-bond acceptors (Lipinski definition) is 5. The lowest BCUT2D eigenvalue weighted by Crippen LogP contribution is -2.66. The van der Waals surface area contributed by atoms with E-state index in [9.17, 15) is 9.59 Å². The second-order valence-electron chi connectivity index (χ2n) is 9.25. The summed E-state index contributed by atoms with van der Waals surface area (Å²) in [6.07, 6.45) is 8.60. The van der Waals surface area contributed by atoms with Gasteiger partial charge in [-0.25, -0.2) is 4.79 Å². The summed E-state index contributed by atoms with van der Waals surface area (Å²) in [6.45, 7) is 7.14. The lowest BCUT2D eigenvalue weighted by Gasteiger charge is -2.49. The fourth-order valence-electron chi connectivity index (χ4n) is 4.27. The highest BCUT2D eigenvalue weighted by molar-refractivity contribution is 5.75. The van der Waals surface area contributed by atoms with Crippen LogP contribution in [0.25, 0.3) is 0 Å². The van der Waals surface area contributed by atoms with E-state index in [0.717, 1.165) is 25.7 Å². The molecule has 1 fully saturated rings. The van der Waals surface area contributed by atoms with Gasteiger partial charge in [-0.15, -0.1) is 0 Å². The summed E-state index contributed by atoms with van der Waals surface area (Å²) in [5.74, 6) is 1.27. The Morgan fingerprint density at radius 3 is 2.61 bits per heavy atom. The Labute approximate surface area is 198 Å². The van der Waals surface area contributed by atoms with E-state index in [1.165, 1.54) is 0 Å². The summed E-state index contributed by atoms with van der Waals surface area (Å²) >= 11 is 0. The lowest BCUT2D eigenvalue weighted by molar-refractivity contribution is -0.162. The summed E-state index contributed by atoms with van der Waals surface area (Å²) in [6, 6.07) is 8.54. The van der Waals surface area contributed by atoms with Crippen molar-refractivity contribution < 1.29 is 19.1 Å². The van der Waals surface area contributed by atoms with E-state index >= 15 is 0 Å². The molecule has 1 aromatic rings. The molecular weight excluding hydrogens is 418 g/mol. The quantitative estimate of drug-likeness (QED) is 0.376. The SMILES string of the molecule is COC1(C(C)N)CC(CNC(=O)CCCCC=CC(C)C)CCN1C(=O)Oc1ccccc1. The number of hydrogen-bond donors (Lipinski definition) is 2. The van der Waals surface area contributed by atoms with Crippen LogP contribution in [0.5, 0.6) is 5.75 Å². The van der Waals surface area contributed by atoms with Crippen LogP contribution in [0.4, 0.5) is 4.79 Å². The normalized spacial score (nSPS) is 21.9. The number of nitrogens with zero attached hydrogens (tertiary/aromatic N) is 1. The molecule has 0 aromatic heterocycles. The highest BCUT2D eigenvalue weighted by atomic mass is 16.6. The summed E-state index contributed by atoms with van der Waals surface area (Å²) in [5.41, 5.74) is 5.33. The molecule has 0 saturated carbocycles. The number of amides is 2. The number of unbranched alkanes of at least 4 members (excludes halogenated alkanes) is 2. The molecule has 1 heterocycles. The van der Waals surface area contributed by atoms with Gasteiger partial charge in [-0.1, -0.05) is 44.2 Å². The molecule has 3 unspecified atom stereocenters. The fraction of sp³-hybridized carbons (Fsp3) is 0.615. The van der Waals surface area contributed by atoms with E-state index in [1.807, 2.05) is 25.1 Å². The van der Waals surface area contributed by atoms with Crippen LogP contribution in [-0.2, 0) is 9.53 Å². The first kappa shape index (κ1) is 26.9. The van der Waals surface area contributed by atoms with E-state index in [2.05, 4.69) is 31.3 Å². The summed E-state index contributed by atoms with van der Waals surface area (Å²) in [4.78, 5) is 26.8. The maximum absolute atomic E-state index is 12.9. The van der Waals surface area contributed by atoms with Gasteiger partial charge >= 0.3 is 6.09 Å². The number of benzene rings is 1. The average molecular weight is 460 g/mol. The zero-order valence-corrected chi connectivity index (χ0v) is 20.6. The number of nitrogens with two attached hydrogens (primary N) is 1. The molecular formula is C26H41N3O4. The van der Waals surface area contributed by atoms with Crippen molar-refractivity contribution >= 4 is 12.0 Å². The van der Waals surface area contributed by atoms with Crippen LogP contribution in [0.15, 0.2) is 42.5 Å². The lowest BCUT2D eigenvalue weighted by atomic mass is 9.84. The Morgan fingerprint density at radius 1 is 1.24 bits per heavy atom. The molecule has 33 heavy (non-hydrogen) atoms. The van der Waals surface area contributed by atoms with Crippen LogP contribution in [0.2, 0.25) is 0 Å². The minimum atomic E-state index is -0.984. The first-order valence-corrected chi connectivity index (χ1v) is 12.1. The van der Waals surface area contributed by atoms with Crippen LogP contribution in [0.3, 0.4) is 0 Å². The number of carbonyl (C=O) groups excluding carboxylic acids is 2. The van der Waals surface area contributed by atoms with Crippen molar-refractivity contribution in [2.24, 2.45) is 17.6 Å². The van der Waals surface area contributed by atoms with Crippen LogP contribution >= 0.6 is 0 Å². The van der Waals surface area contributed by atoms with Crippen molar-refractivity contribution in [1.82, 2.24) is 10.2 Å². The van der Waals surface area contributed by atoms with E-state index < -0.39 is 17.9 Å². The fourth-order valence-corrected chi connectivity index (χ4v) is 4.27. The van der Waals surface area contributed by atoms with Gasteiger partial charge < -0.3 is 20.5 Å². The second kappa shape index (κ2) is 13.4. The number of likely N-dealkylation sites (tertiary alicyclic amines) is 1. The molecule has 2 rings (SSSR count). The average Bonchev–Trinajstić information content (AvgIpc) is 2.79. The van der Waals surface area contributed by atoms with Gasteiger partial charge in [0.2, 0.25) is 5.91 Å². The number of methoxy groups -OCH3 is 1. The van der Waals surface area contributed by atoms with Gasteiger partial charge in [0.15, 0.2) is 5.72 Å². The largest absolute Gasteiger partial charge is 0.417 e. The second-order valence-corrected chi connectivity index (χ2v) is 9.25. The summed E-state index contributed by atoms with van der Waals surface area (Å²) in [7, 11) is 1.57. The zero-order chi connectivity index (χ0) is 24.3. The van der Waals surface area contributed by atoms with Crippen LogP contribution in [0.1, 0.15) is 59.3 Å². The number of para-hydroxylation sites is 1. The predicted molar refractivity (Wildman–Crippen MR) is 131 cm³/mol. The number of rotatable bonds is 11. The third-order valence-electron chi connectivity index (χ3n) is 6.17. The molecule has 7 nitrogen and oxygen atoms in total. The molecule has 1 saturated heterocycles. The van der Waals surface area contributed by atoms with Crippen molar-refractivity contribution in [1.29, 1.82) is 0 Å². The Bertz CT molecular complexity index is 766. The van der Waals surface area contributed by atoms with Gasteiger partial charge in [-0.05, 0) is 56.6 Å². The monoisotopic (exact) mass is 459 g/mol. The molecule has 2 amide bonds. The minimum Gasteiger partial charge on any atom is -0.410 e. The van der Waals surface area contributed by atoms with Gasteiger partial charge in [-0.3, -0.25) is 9.69 Å². The highest BCUT2D eigenvalue weighted by Gasteiger charge is 2.48. The molecule has 3 atom stereocenters. The molecule has 184 valence electrons. The molecule has 0 aliphatic carbocycles. The third-order valence-corrected chi connectivity index (χ3v) is 6.17. The van der Waals surface area contributed by atoms with Crippen molar-refractivity contribution in [3.8, 4) is 5.75 Å². The van der Waals surface area contributed by atoms with Crippen molar-refractivity contribution in [2.45, 2.75) is 71.1 Å². The number of nitrogens with one attached hydrogen (secondary N) is 1. The first-order valence-electron chi connectivity index (χ1n) is 12.1. The predicted octanol–water partition coefficient (Wildman–Crippen LogP) is 4.48. The van der Waals surface area contributed by atoms with Crippen molar-refractivity contribution in [3.05, 3.63) is 42.5 Å². The minimum absolute atomic E-state index is 0.0672. The van der Waals surface area contributed by atoms with Crippen LogP contribution in [0, 0.1) is 11.8 Å². The number of allylic oxidation sites excluding steroid dienone is 2. The van der Waals surface area contributed by atoms with Crippen molar-refractivity contribution in [3.63, 3.8) is 0 Å². The Morgan fingerprint density at radius 2 is 1.97 bits per heavy atom. The maximum atomic E-state index is 12.9. The summed E-state index contributed by atoms with van der Waals surface area (Å²) < 4.78 is 11.4. The molecule has 0 spiro atoms. The first-order chi connectivity index (χ1) is 15.8. The maximum Gasteiger partial charge on any atom is 0.417 e. The summed E-state index contributed by atoms with van der Waals surface area (Å²) in [5, 5.41) is 3.06. The van der Waals surface area contributed by atoms with Gasteiger partial charge in [0, 0.05) is 39.1 Å². The van der Waals surface area contributed by atoms with Crippen molar-refractivity contribution in [2.75, 3.05) is 20.2 Å². The molecule has 0 radical (unpaired) electrons. The highest BCUT2D eigenvalue weighted by Crippen LogP contribution is 2.35. The molecule has 0 bridgehead atoms. The topological polar surface area (TPSA) is 93.9 Å². The number of carbonyl (C=O) groups is 2. The Kier molecular flexibility index (Phi) is 10.9. The standard InChI is InChI=1S/C26H41N3O4/c1-20(2)12-8-5-6-11-15-24(30)28-19-22-16-17-29(26(18-22,32-4)21(3)27)25(31)33-23-13-9-7-10-14-23/h7-10,12-14,20-22H,5-6,11,15-19,27H2,1-4H3,(H,28,30). The van der Waals surface area contributed by atoms with Gasteiger partial charge in [0.05, 0.1) is 0 Å². The molecule has 3 N–H and O–H groups in total. The third kappa shape index (κ3) is 8.16. The molecule has 1 aromatic carbocycles. The van der Waals surface area contributed by atoms with Gasteiger partial charge in [0.1, 0.15) is 5.75 Å². The van der Waals surface area contributed by atoms with E-state index in [-0.39, 0.29) is 11.8 Å². The Hall–Kier alpha value is -2.38. The molecule has 1 aliphatic rings. The smallest absolute Gasteiger partial charge is 0.410 e. The van der Waals surface area contributed by atoms with Crippen LogP contribution in [-0.4, -0.2) is 48.9 Å². The Balaban J connectivity index is 1.87. The number of piperidine rings is 1. The van der Waals surface area contributed by atoms with E-state index in [0.29, 0.717) is 37.6 Å². The van der Waals surface area contributed by atoms with E-state index in [1.54, 1.807) is 24.1 Å². The van der Waals surface area contributed by atoms with Gasteiger partial charge in [-0.2, -0.15) is 0 Å². The molecule has 1 aliphatic heterocycles. The zero-order valence-electron chi connectivity index (χ0n) is 20.6. The van der Waals surface area contributed by atoms with Crippen LogP contribution < -0.4 is 15.8 Å². The van der Waals surface area contributed by atoms with E-state index in [4.69, 9.17) is 15.2 Å². The number of ether oxygens (including phenoxy) is 2. The molecule has 7 heteroatoms.